The lowest BCUT2D eigenvalue weighted by molar-refractivity contribution is -0.147. The minimum Gasteiger partial charge on any atom is -0.363 e. The quantitative estimate of drug-likeness (QED) is 0.657. The summed E-state index contributed by atoms with van der Waals surface area (Å²) in [7, 11) is 0. The van der Waals surface area contributed by atoms with Gasteiger partial charge in [0.25, 0.3) is 5.91 Å². The van der Waals surface area contributed by atoms with Crippen molar-refractivity contribution in [2.24, 2.45) is 5.92 Å². The molecule has 2 atom stereocenters. The smallest absolute Gasteiger partial charge is 0.252 e. The van der Waals surface area contributed by atoms with Gasteiger partial charge in [-0.1, -0.05) is 29.4 Å². The maximum atomic E-state index is 13.1. The average Bonchev–Trinajstić information content (AvgIpc) is 3.45. The largest absolute Gasteiger partial charge is 0.363 e. The first-order chi connectivity index (χ1) is 14.3. The Morgan fingerprint density at radius 1 is 1.24 bits per heavy atom. The molecule has 1 fully saturated rings. The highest BCUT2D eigenvalue weighted by atomic mass is 32.1. The van der Waals surface area contributed by atoms with Gasteiger partial charge in [0, 0.05) is 36.9 Å². The minimum absolute atomic E-state index is 0.105. The third kappa shape index (κ3) is 3.97. The number of aromatic nitrogens is 2. The highest BCUT2D eigenvalue weighted by molar-refractivity contribution is 7.08. The van der Waals surface area contributed by atoms with Gasteiger partial charge >= 0.3 is 0 Å². The SMILES string of the molecule is O=C(C1Cc2ccccc2CO1)N1CCCC(Cc2nc(-c3ccsc3)no2)C1. The normalized spacial score (nSPS) is 21.7. The molecule has 1 aromatic carbocycles. The summed E-state index contributed by atoms with van der Waals surface area (Å²) in [6.45, 7) is 2.02. The van der Waals surface area contributed by atoms with E-state index >= 15 is 0 Å². The molecule has 2 aliphatic heterocycles. The molecule has 5 rings (SSSR count). The third-order valence-electron chi connectivity index (χ3n) is 5.78. The number of amides is 1. The van der Waals surface area contributed by atoms with Gasteiger partial charge in [-0.25, -0.2) is 0 Å². The lowest BCUT2D eigenvalue weighted by atomic mass is 9.93. The molecule has 0 N–H and O–H groups in total. The van der Waals surface area contributed by atoms with Crippen LogP contribution in [0, 0.1) is 5.92 Å². The summed E-state index contributed by atoms with van der Waals surface area (Å²) >= 11 is 1.61. The fourth-order valence-corrected chi connectivity index (χ4v) is 4.87. The Morgan fingerprint density at radius 3 is 3.00 bits per heavy atom. The highest BCUT2D eigenvalue weighted by Gasteiger charge is 2.32. The van der Waals surface area contributed by atoms with E-state index < -0.39 is 0 Å². The molecular weight excluding hydrogens is 386 g/mol. The van der Waals surface area contributed by atoms with E-state index in [2.05, 4.69) is 22.3 Å². The summed E-state index contributed by atoms with van der Waals surface area (Å²) < 4.78 is 11.3. The second-order valence-corrected chi connectivity index (χ2v) is 8.57. The molecule has 3 aromatic rings. The number of thiophene rings is 1. The first-order valence-corrected chi connectivity index (χ1v) is 11.0. The van der Waals surface area contributed by atoms with Crippen LogP contribution in [-0.2, 0) is 29.0 Å². The Hall–Kier alpha value is -2.51. The van der Waals surface area contributed by atoms with Crippen LogP contribution in [0.3, 0.4) is 0 Å². The van der Waals surface area contributed by atoms with Crippen LogP contribution in [0.4, 0.5) is 0 Å². The first-order valence-electron chi connectivity index (χ1n) is 10.1. The van der Waals surface area contributed by atoms with Gasteiger partial charge in [0.2, 0.25) is 11.7 Å². The summed E-state index contributed by atoms with van der Waals surface area (Å²) in [5.74, 6) is 1.72. The molecule has 0 radical (unpaired) electrons. The van der Waals surface area contributed by atoms with E-state index in [1.807, 2.05) is 33.9 Å². The summed E-state index contributed by atoms with van der Waals surface area (Å²) in [5.41, 5.74) is 3.39. The van der Waals surface area contributed by atoms with Crippen LogP contribution in [0.25, 0.3) is 11.4 Å². The number of piperidine rings is 1. The Morgan fingerprint density at radius 2 is 2.14 bits per heavy atom. The molecule has 7 heteroatoms. The number of fused-ring (bicyclic) bond motifs is 1. The number of benzene rings is 1. The lowest BCUT2D eigenvalue weighted by Crippen LogP contribution is -2.47. The second kappa shape index (κ2) is 8.08. The summed E-state index contributed by atoms with van der Waals surface area (Å²) in [5, 5.41) is 8.11. The van der Waals surface area contributed by atoms with Crippen molar-refractivity contribution in [1.82, 2.24) is 15.0 Å². The number of nitrogens with zero attached hydrogens (tertiary/aromatic N) is 3. The van der Waals surface area contributed by atoms with Gasteiger partial charge in [0.15, 0.2) is 0 Å². The summed E-state index contributed by atoms with van der Waals surface area (Å²) in [6.07, 6.45) is 3.04. The number of carbonyl (C=O) groups is 1. The number of likely N-dealkylation sites (tertiary alicyclic amines) is 1. The van der Waals surface area contributed by atoms with E-state index in [4.69, 9.17) is 9.26 Å². The second-order valence-electron chi connectivity index (χ2n) is 7.79. The maximum absolute atomic E-state index is 13.1. The molecule has 4 heterocycles. The summed E-state index contributed by atoms with van der Waals surface area (Å²) in [4.78, 5) is 19.6. The van der Waals surface area contributed by atoms with Crippen LogP contribution in [0.5, 0.6) is 0 Å². The highest BCUT2D eigenvalue weighted by Crippen LogP contribution is 2.26. The number of ether oxygens (including phenoxy) is 1. The Balaban J connectivity index is 1.21. The van der Waals surface area contributed by atoms with Crippen molar-refractivity contribution < 1.29 is 14.1 Å². The third-order valence-corrected chi connectivity index (χ3v) is 6.46. The molecule has 0 saturated carbocycles. The van der Waals surface area contributed by atoms with E-state index in [1.165, 1.54) is 11.1 Å². The fourth-order valence-electron chi connectivity index (χ4n) is 4.23. The molecule has 2 aromatic heterocycles. The average molecular weight is 410 g/mol. The van der Waals surface area contributed by atoms with E-state index in [0.717, 1.165) is 31.5 Å². The van der Waals surface area contributed by atoms with Crippen molar-refractivity contribution in [2.75, 3.05) is 13.1 Å². The van der Waals surface area contributed by atoms with Crippen LogP contribution >= 0.6 is 11.3 Å². The Bertz CT molecular complexity index is 985. The minimum atomic E-state index is -0.378. The number of hydrogen-bond acceptors (Lipinski definition) is 6. The standard InChI is InChI=1S/C22H23N3O3S/c26-22(19-11-16-5-1-2-6-17(16)13-27-19)25-8-3-4-15(12-25)10-20-23-21(24-28-20)18-7-9-29-14-18/h1-2,5-7,9,14-15,19H,3-4,8,10-13H2. The number of carbonyl (C=O) groups excluding carboxylic acids is 1. The molecule has 2 aliphatic rings. The predicted octanol–water partition coefficient (Wildman–Crippen LogP) is 3.72. The van der Waals surface area contributed by atoms with Crippen molar-refractivity contribution in [3.63, 3.8) is 0 Å². The molecule has 1 saturated heterocycles. The van der Waals surface area contributed by atoms with Gasteiger partial charge in [-0.05, 0) is 41.3 Å². The number of hydrogen-bond donors (Lipinski definition) is 0. The van der Waals surface area contributed by atoms with Crippen LogP contribution < -0.4 is 0 Å². The Kier molecular flexibility index (Phi) is 5.16. The zero-order valence-corrected chi connectivity index (χ0v) is 16.9. The van der Waals surface area contributed by atoms with Gasteiger partial charge in [-0.2, -0.15) is 16.3 Å². The molecule has 150 valence electrons. The predicted molar refractivity (Wildman–Crippen MR) is 109 cm³/mol. The van der Waals surface area contributed by atoms with Gasteiger partial charge in [0.05, 0.1) is 6.61 Å². The van der Waals surface area contributed by atoms with Crippen molar-refractivity contribution in [1.29, 1.82) is 0 Å². The van der Waals surface area contributed by atoms with E-state index in [0.29, 0.717) is 37.1 Å². The monoisotopic (exact) mass is 409 g/mol. The molecule has 29 heavy (non-hydrogen) atoms. The number of rotatable bonds is 4. The van der Waals surface area contributed by atoms with Crippen molar-refractivity contribution in [3.05, 3.63) is 58.1 Å². The molecule has 0 aliphatic carbocycles. The molecular formula is C22H23N3O3S. The molecule has 1 amide bonds. The zero-order valence-electron chi connectivity index (χ0n) is 16.1. The van der Waals surface area contributed by atoms with E-state index in [1.54, 1.807) is 11.3 Å². The van der Waals surface area contributed by atoms with Crippen LogP contribution in [0.2, 0.25) is 0 Å². The molecule has 6 nitrogen and oxygen atoms in total. The van der Waals surface area contributed by atoms with Gasteiger partial charge in [-0.15, -0.1) is 0 Å². The van der Waals surface area contributed by atoms with Gasteiger partial charge < -0.3 is 14.2 Å². The zero-order chi connectivity index (χ0) is 19.6. The van der Waals surface area contributed by atoms with Crippen LogP contribution in [0.15, 0.2) is 45.6 Å². The van der Waals surface area contributed by atoms with Crippen molar-refractivity contribution in [2.45, 2.75) is 38.4 Å². The first kappa shape index (κ1) is 18.5. The Labute approximate surface area is 173 Å². The van der Waals surface area contributed by atoms with Crippen molar-refractivity contribution in [3.8, 4) is 11.4 Å². The molecule has 0 bridgehead atoms. The maximum Gasteiger partial charge on any atom is 0.252 e. The van der Waals surface area contributed by atoms with E-state index in [-0.39, 0.29) is 12.0 Å². The van der Waals surface area contributed by atoms with Crippen molar-refractivity contribution >= 4 is 17.2 Å². The summed E-state index contributed by atoms with van der Waals surface area (Å²) in [6, 6.07) is 10.2. The van der Waals surface area contributed by atoms with Crippen LogP contribution in [0.1, 0.15) is 29.9 Å². The van der Waals surface area contributed by atoms with Gasteiger partial charge in [0.1, 0.15) is 6.10 Å². The topological polar surface area (TPSA) is 68.5 Å². The fraction of sp³-hybridized carbons (Fsp3) is 0.409. The molecule has 2 unspecified atom stereocenters. The van der Waals surface area contributed by atoms with Gasteiger partial charge in [-0.3, -0.25) is 4.79 Å². The lowest BCUT2D eigenvalue weighted by Gasteiger charge is -2.35. The van der Waals surface area contributed by atoms with E-state index in [9.17, 15) is 4.79 Å². The molecule has 0 spiro atoms. The van der Waals surface area contributed by atoms with Crippen LogP contribution in [-0.4, -0.2) is 40.1 Å².